The summed E-state index contributed by atoms with van der Waals surface area (Å²) in [5.74, 6) is 1.21. The van der Waals surface area contributed by atoms with Gasteiger partial charge in [0.1, 0.15) is 0 Å². The molecule has 4 rings (SSSR count). The van der Waals surface area contributed by atoms with Crippen LogP contribution in [-0.4, -0.2) is 6.04 Å². The Morgan fingerprint density at radius 3 is 2.33 bits per heavy atom. The third-order valence-electron chi connectivity index (χ3n) is 7.97. The average Bonchev–Trinajstić information content (AvgIpc) is 3.07. The molecule has 43 heavy (non-hydrogen) atoms. The zero-order valence-electron chi connectivity index (χ0n) is 25.3. The van der Waals surface area contributed by atoms with E-state index in [9.17, 15) is 0 Å². The van der Waals surface area contributed by atoms with Crippen LogP contribution < -0.4 is 4.90 Å². The topological polar surface area (TPSA) is 3.24 Å². The van der Waals surface area contributed by atoms with Gasteiger partial charge in [-0.1, -0.05) is 152 Å². The summed E-state index contributed by atoms with van der Waals surface area (Å²) in [6.07, 6.45) is 42.9. The second-order valence-corrected chi connectivity index (χ2v) is 10.9. The lowest BCUT2D eigenvalue weighted by atomic mass is 9.86. The Bertz CT molecular complexity index is 1420. The van der Waals surface area contributed by atoms with Crippen molar-refractivity contribution in [3.63, 3.8) is 0 Å². The number of benzene rings is 2. The average molecular weight is 564 g/mol. The Hall–Kier alpha value is -4.62. The second kappa shape index (κ2) is 17.4. The summed E-state index contributed by atoms with van der Waals surface area (Å²) in [5, 5.41) is 0. The Labute approximate surface area is 260 Å². The number of rotatable bonds is 15. The monoisotopic (exact) mass is 563 g/mol. The highest BCUT2D eigenvalue weighted by atomic mass is 15.1. The molecule has 0 spiro atoms. The van der Waals surface area contributed by atoms with Crippen molar-refractivity contribution in [2.45, 2.75) is 37.6 Å². The predicted octanol–water partition coefficient (Wildman–Crippen LogP) is 11.3. The first-order chi connectivity index (χ1) is 21.2. The van der Waals surface area contributed by atoms with Crippen molar-refractivity contribution in [1.82, 2.24) is 0 Å². The van der Waals surface area contributed by atoms with Gasteiger partial charge in [0.05, 0.1) is 6.04 Å². The molecule has 0 saturated carbocycles. The van der Waals surface area contributed by atoms with Gasteiger partial charge in [-0.3, -0.25) is 0 Å². The molecule has 0 fully saturated rings. The van der Waals surface area contributed by atoms with Gasteiger partial charge in [-0.05, 0) is 60.4 Å². The molecule has 218 valence electrons. The zero-order chi connectivity index (χ0) is 30.1. The molecule has 4 atom stereocenters. The highest BCUT2D eigenvalue weighted by molar-refractivity contribution is 5.53. The van der Waals surface area contributed by atoms with Crippen LogP contribution in [-0.2, 0) is 0 Å². The molecule has 0 amide bonds. The SMILES string of the molecule is C=CC=CC=Cc1ccc(C(C=C)CC=CN(c2ccccc2)C(C=C)CC=CC2C=CC(C3C=CC=CC3)=CC2)cc1. The van der Waals surface area contributed by atoms with Crippen molar-refractivity contribution >= 4 is 11.8 Å². The van der Waals surface area contributed by atoms with Crippen LogP contribution in [0.4, 0.5) is 5.69 Å². The molecule has 0 heterocycles. The van der Waals surface area contributed by atoms with Crippen molar-refractivity contribution in [2.24, 2.45) is 11.8 Å². The van der Waals surface area contributed by atoms with E-state index in [-0.39, 0.29) is 12.0 Å². The van der Waals surface area contributed by atoms with Gasteiger partial charge in [-0.2, -0.15) is 0 Å². The van der Waals surface area contributed by atoms with Gasteiger partial charge in [-0.25, -0.2) is 0 Å². The maximum atomic E-state index is 4.21. The van der Waals surface area contributed by atoms with E-state index in [1.165, 1.54) is 16.7 Å². The van der Waals surface area contributed by atoms with E-state index < -0.39 is 0 Å². The van der Waals surface area contributed by atoms with Gasteiger partial charge in [0, 0.05) is 23.7 Å². The zero-order valence-corrected chi connectivity index (χ0v) is 25.3. The summed E-state index contributed by atoms with van der Waals surface area (Å²) in [5.41, 5.74) is 5.04. The van der Waals surface area contributed by atoms with Gasteiger partial charge in [-0.15, -0.1) is 13.2 Å². The lowest BCUT2D eigenvalue weighted by molar-refractivity contribution is 0.733. The molecule has 0 bridgehead atoms. The standard InChI is InChI=1S/C42H45N/c1-4-7-8-11-18-35-26-30-39(31-27-35)37(5-2)22-17-34-43(42-23-14-10-15-24-42)41(6-3)25-16-19-36-28-32-40(33-29-36)38-20-12-9-13-21-38/h4-20,23-24,26-28,30-34,36-38,41H,1-3,21-22,25,29H2. The molecule has 0 aliphatic heterocycles. The third-order valence-corrected chi connectivity index (χ3v) is 7.97. The molecule has 1 nitrogen and oxygen atoms in total. The molecule has 2 aromatic carbocycles. The minimum atomic E-state index is 0.149. The summed E-state index contributed by atoms with van der Waals surface area (Å²) in [4.78, 5) is 2.33. The summed E-state index contributed by atoms with van der Waals surface area (Å²) in [6.45, 7) is 12.0. The number of allylic oxidation sites excluding steroid dienone is 15. The molecular weight excluding hydrogens is 518 g/mol. The number of hydrogen-bond acceptors (Lipinski definition) is 1. The Morgan fingerprint density at radius 2 is 1.65 bits per heavy atom. The first-order valence-electron chi connectivity index (χ1n) is 15.4. The summed E-state index contributed by atoms with van der Waals surface area (Å²) >= 11 is 0. The van der Waals surface area contributed by atoms with Crippen LogP contribution >= 0.6 is 0 Å². The van der Waals surface area contributed by atoms with Crippen molar-refractivity contribution in [3.8, 4) is 0 Å². The minimum Gasteiger partial charge on any atom is -0.341 e. The molecule has 0 saturated heterocycles. The molecule has 2 aromatic rings. The summed E-state index contributed by atoms with van der Waals surface area (Å²) < 4.78 is 0. The van der Waals surface area contributed by atoms with Gasteiger partial charge < -0.3 is 4.90 Å². The number of anilines is 1. The van der Waals surface area contributed by atoms with Crippen LogP contribution in [0.5, 0.6) is 0 Å². The van der Waals surface area contributed by atoms with Gasteiger partial charge in [0.2, 0.25) is 0 Å². The van der Waals surface area contributed by atoms with E-state index >= 15 is 0 Å². The maximum Gasteiger partial charge on any atom is 0.0548 e. The lowest BCUT2D eigenvalue weighted by Crippen LogP contribution is -2.28. The van der Waals surface area contributed by atoms with Gasteiger partial charge in [0.25, 0.3) is 0 Å². The fourth-order valence-corrected chi connectivity index (χ4v) is 5.46. The van der Waals surface area contributed by atoms with E-state index in [0.29, 0.717) is 11.8 Å². The molecule has 2 aliphatic carbocycles. The number of nitrogens with zero attached hydrogens (tertiary/aromatic N) is 1. The first kappa shape index (κ1) is 31.3. The van der Waals surface area contributed by atoms with E-state index in [1.54, 1.807) is 6.08 Å². The van der Waals surface area contributed by atoms with Crippen LogP contribution in [0.3, 0.4) is 0 Å². The van der Waals surface area contributed by atoms with Crippen LogP contribution in [0.15, 0.2) is 183 Å². The Morgan fingerprint density at radius 1 is 0.814 bits per heavy atom. The normalized spacial score (nSPS) is 19.7. The van der Waals surface area contributed by atoms with Crippen LogP contribution in [0.1, 0.15) is 42.7 Å². The summed E-state index contributed by atoms with van der Waals surface area (Å²) in [6, 6.07) is 19.4. The van der Waals surface area contributed by atoms with E-state index in [4.69, 9.17) is 0 Å². The van der Waals surface area contributed by atoms with Crippen molar-refractivity contribution < 1.29 is 0 Å². The van der Waals surface area contributed by atoms with Gasteiger partial charge in [0.15, 0.2) is 0 Å². The molecule has 2 aliphatic rings. The predicted molar refractivity (Wildman–Crippen MR) is 190 cm³/mol. The molecule has 1 heteroatoms. The van der Waals surface area contributed by atoms with Crippen LogP contribution in [0.25, 0.3) is 6.08 Å². The van der Waals surface area contributed by atoms with E-state index in [2.05, 4.69) is 158 Å². The van der Waals surface area contributed by atoms with Gasteiger partial charge >= 0.3 is 0 Å². The molecule has 4 unspecified atom stereocenters. The molecular formula is C42H45N. The molecule has 0 aromatic heterocycles. The van der Waals surface area contributed by atoms with Crippen LogP contribution in [0.2, 0.25) is 0 Å². The van der Waals surface area contributed by atoms with E-state index in [0.717, 1.165) is 31.4 Å². The van der Waals surface area contributed by atoms with Crippen molar-refractivity contribution in [2.75, 3.05) is 4.90 Å². The Balaban J connectivity index is 1.38. The number of para-hydroxylation sites is 1. The highest BCUT2D eigenvalue weighted by Gasteiger charge is 2.15. The fourth-order valence-electron chi connectivity index (χ4n) is 5.46. The van der Waals surface area contributed by atoms with E-state index in [1.807, 2.05) is 24.3 Å². The van der Waals surface area contributed by atoms with Crippen molar-refractivity contribution in [1.29, 1.82) is 0 Å². The summed E-state index contributed by atoms with van der Waals surface area (Å²) in [7, 11) is 0. The Kier molecular flexibility index (Phi) is 12.6. The lowest BCUT2D eigenvalue weighted by Gasteiger charge is -2.28. The largest absolute Gasteiger partial charge is 0.341 e. The molecule has 0 radical (unpaired) electrons. The second-order valence-electron chi connectivity index (χ2n) is 10.9. The highest BCUT2D eigenvalue weighted by Crippen LogP contribution is 2.28. The van der Waals surface area contributed by atoms with Crippen LogP contribution in [0, 0.1) is 11.8 Å². The number of hydrogen-bond donors (Lipinski definition) is 0. The smallest absolute Gasteiger partial charge is 0.0548 e. The minimum absolute atomic E-state index is 0.149. The fraction of sp³-hybridized carbons (Fsp3) is 0.190. The first-order valence-corrected chi connectivity index (χ1v) is 15.4. The van der Waals surface area contributed by atoms with Crippen molar-refractivity contribution in [3.05, 3.63) is 194 Å². The maximum absolute atomic E-state index is 4.21. The molecule has 0 N–H and O–H groups in total. The quantitative estimate of drug-likeness (QED) is 0.154. The third kappa shape index (κ3) is 9.72.